The Morgan fingerprint density at radius 1 is 1.58 bits per heavy atom. The minimum absolute atomic E-state index is 0.0723. The zero-order chi connectivity index (χ0) is 18.1. The summed E-state index contributed by atoms with van der Waals surface area (Å²) in [5.74, 6) is 1.29. The summed E-state index contributed by atoms with van der Waals surface area (Å²) in [5, 5.41) is 20.0. The summed E-state index contributed by atoms with van der Waals surface area (Å²) in [5.41, 5.74) is 4.83. The third kappa shape index (κ3) is 3.49. The van der Waals surface area contributed by atoms with Gasteiger partial charge in [0.2, 0.25) is 0 Å². The first-order valence-corrected chi connectivity index (χ1v) is 8.35. The molecular weight excluding hydrogens is 348 g/mol. The molecule has 1 aromatic rings. The maximum Gasteiger partial charge on any atom is 0.358 e. The van der Waals surface area contributed by atoms with Crippen molar-refractivity contribution >= 4 is 13.5 Å². The predicted molar refractivity (Wildman–Crippen MR) is 76.4 cm³/mol. The molecule has 24 heavy (non-hydrogen) atoms. The Morgan fingerprint density at radius 2 is 2.25 bits per heavy atom. The van der Waals surface area contributed by atoms with Crippen molar-refractivity contribution in [3.8, 4) is 12.3 Å². The van der Waals surface area contributed by atoms with E-state index in [2.05, 4.69) is 15.4 Å². The molecule has 1 saturated heterocycles. The van der Waals surface area contributed by atoms with Gasteiger partial charge in [0, 0.05) is 0 Å². The fourth-order valence-electron chi connectivity index (χ4n) is 2.20. The number of rotatable bonds is 6. The van der Waals surface area contributed by atoms with Gasteiger partial charge in [-0.25, -0.2) is 9.37 Å². The number of hydrogen-bond donors (Lipinski definition) is 4. The Balaban J connectivity index is 2.20. The minimum atomic E-state index is -4.44. The van der Waals surface area contributed by atoms with Gasteiger partial charge in [0.1, 0.15) is 24.0 Å². The Hall–Kier alpha value is -1.80. The molecule has 5 N–H and O–H groups in total. The van der Waals surface area contributed by atoms with Gasteiger partial charge >= 0.3 is 7.60 Å². The average Bonchev–Trinajstić information content (AvgIpc) is 3.08. The van der Waals surface area contributed by atoms with Gasteiger partial charge in [0.15, 0.2) is 18.3 Å². The summed E-state index contributed by atoms with van der Waals surface area (Å²) in [4.78, 5) is 24.0. The summed E-state index contributed by atoms with van der Waals surface area (Å²) in [6.45, 7) is -0.644. The molecular formula is C12H15FN3O7P. The summed E-state index contributed by atoms with van der Waals surface area (Å²) in [6.07, 6.45) is -0.720. The van der Waals surface area contributed by atoms with Crippen LogP contribution in [-0.4, -0.2) is 61.9 Å². The third-order valence-electron chi connectivity index (χ3n) is 3.37. The highest BCUT2D eigenvalue weighted by molar-refractivity contribution is 7.52. The van der Waals surface area contributed by atoms with Crippen LogP contribution in [0.25, 0.3) is 0 Å². The number of halogens is 1. The van der Waals surface area contributed by atoms with Crippen LogP contribution in [0.15, 0.2) is 6.33 Å². The number of hydrogen-bond acceptors (Lipinski definition) is 7. The number of terminal acetylenes is 1. The predicted octanol–water partition coefficient (Wildman–Crippen LogP) is -1.29. The Morgan fingerprint density at radius 3 is 2.79 bits per heavy atom. The fourth-order valence-corrected chi connectivity index (χ4v) is 2.65. The first-order chi connectivity index (χ1) is 11.2. The van der Waals surface area contributed by atoms with E-state index >= 15 is 0 Å². The second-order valence-electron chi connectivity index (χ2n) is 4.96. The molecule has 0 spiro atoms. The van der Waals surface area contributed by atoms with Gasteiger partial charge in [0.25, 0.3) is 5.91 Å². The number of amides is 1. The van der Waals surface area contributed by atoms with E-state index in [1.54, 1.807) is 0 Å². The van der Waals surface area contributed by atoms with Gasteiger partial charge in [-0.3, -0.25) is 13.9 Å². The van der Waals surface area contributed by atoms with E-state index in [1.807, 2.05) is 0 Å². The maximum absolute atomic E-state index is 12.3. The number of ether oxygens (including phenoxy) is 1. The molecule has 12 heteroatoms. The second-order valence-corrected chi connectivity index (χ2v) is 6.73. The van der Waals surface area contributed by atoms with Gasteiger partial charge in [-0.2, -0.15) is 0 Å². The van der Waals surface area contributed by atoms with Gasteiger partial charge < -0.3 is 30.1 Å². The highest BCUT2D eigenvalue weighted by Crippen LogP contribution is 2.43. The molecule has 2 rings (SSSR count). The number of carbonyl (C=O) groups excluding carboxylic acids is 1. The van der Waals surface area contributed by atoms with Crippen LogP contribution in [0.1, 0.15) is 22.4 Å². The lowest BCUT2D eigenvalue weighted by atomic mass is 10.1. The van der Waals surface area contributed by atoms with Crippen molar-refractivity contribution in [2.45, 2.75) is 24.5 Å². The zero-order valence-electron chi connectivity index (χ0n) is 12.1. The fraction of sp³-hybridized carbons (Fsp3) is 0.500. The lowest BCUT2D eigenvalue weighted by Crippen LogP contribution is -2.33. The Kier molecular flexibility index (Phi) is 5.39. The molecule has 2 heterocycles. The highest BCUT2D eigenvalue weighted by atomic mass is 31.2. The number of nitrogens with two attached hydrogens (primary N) is 1. The Bertz CT molecular complexity index is 718. The molecule has 132 valence electrons. The normalized spacial score (nSPS) is 29.1. The molecule has 1 unspecified atom stereocenters. The van der Waals surface area contributed by atoms with E-state index in [1.165, 1.54) is 0 Å². The number of alkyl halides is 1. The number of nitrogens with zero attached hydrogens (tertiary/aromatic N) is 2. The van der Waals surface area contributed by atoms with Gasteiger partial charge in [-0.05, 0) is 5.92 Å². The van der Waals surface area contributed by atoms with E-state index < -0.39 is 51.1 Å². The molecule has 0 bridgehead atoms. The molecule has 1 amide bonds. The minimum Gasteiger partial charge on any atom is -0.387 e. The highest BCUT2D eigenvalue weighted by Gasteiger charge is 2.45. The summed E-state index contributed by atoms with van der Waals surface area (Å²) < 4.78 is 34.3. The first-order valence-electron chi connectivity index (χ1n) is 6.59. The SMILES string of the molecule is C#Cc1c(C(N)=O)ncn1[C@@H]1O[C@H](COP(=O)(O)CF)[C@@H](O)[C@H]1O. The van der Waals surface area contributed by atoms with Crippen LogP contribution in [0.4, 0.5) is 4.39 Å². The molecule has 0 aromatic carbocycles. The van der Waals surface area contributed by atoms with E-state index in [9.17, 15) is 24.0 Å². The summed E-state index contributed by atoms with van der Waals surface area (Å²) >= 11 is 0. The molecule has 1 fully saturated rings. The van der Waals surface area contributed by atoms with Crippen molar-refractivity contribution in [3.63, 3.8) is 0 Å². The number of aromatic nitrogens is 2. The van der Waals surface area contributed by atoms with Crippen LogP contribution in [-0.2, 0) is 13.8 Å². The van der Waals surface area contributed by atoms with Crippen molar-refractivity contribution < 1.29 is 38.1 Å². The topological polar surface area (TPSA) is 157 Å². The molecule has 1 aliphatic heterocycles. The number of carbonyl (C=O) groups is 1. The Labute approximate surface area is 135 Å². The van der Waals surface area contributed by atoms with Crippen molar-refractivity contribution in [1.82, 2.24) is 9.55 Å². The van der Waals surface area contributed by atoms with E-state index in [-0.39, 0.29) is 11.4 Å². The zero-order valence-corrected chi connectivity index (χ0v) is 13.0. The van der Waals surface area contributed by atoms with Crippen molar-refractivity contribution in [2.24, 2.45) is 5.73 Å². The van der Waals surface area contributed by atoms with Crippen LogP contribution in [0, 0.1) is 12.3 Å². The second kappa shape index (κ2) is 6.98. The molecule has 5 atom stereocenters. The summed E-state index contributed by atoms with van der Waals surface area (Å²) in [7, 11) is -4.44. The van der Waals surface area contributed by atoms with Crippen LogP contribution in [0.5, 0.6) is 0 Å². The molecule has 1 aliphatic rings. The average molecular weight is 363 g/mol. The monoisotopic (exact) mass is 363 g/mol. The number of aliphatic hydroxyl groups is 2. The summed E-state index contributed by atoms with van der Waals surface area (Å²) in [6, 6.07) is 0. The van der Waals surface area contributed by atoms with Crippen molar-refractivity contribution in [1.29, 1.82) is 0 Å². The van der Waals surface area contributed by atoms with E-state index in [4.69, 9.17) is 21.8 Å². The van der Waals surface area contributed by atoms with Crippen LogP contribution >= 0.6 is 7.60 Å². The third-order valence-corrected chi connectivity index (χ3v) is 4.22. The maximum atomic E-state index is 12.3. The quantitative estimate of drug-likeness (QED) is 0.359. The van der Waals surface area contributed by atoms with E-state index in [0.29, 0.717) is 0 Å². The number of primary amides is 1. The van der Waals surface area contributed by atoms with Gasteiger partial charge in [-0.1, -0.05) is 0 Å². The van der Waals surface area contributed by atoms with Gasteiger partial charge in [0.05, 0.1) is 12.9 Å². The smallest absolute Gasteiger partial charge is 0.358 e. The van der Waals surface area contributed by atoms with Crippen molar-refractivity contribution in [2.75, 3.05) is 13.0 Å². The molecule has 0 radical (unpaired) electrons. The largest absolute Gasteiger partial charge is 0.387 e. The standard InChI is InChI=1S/C12H15FN3O7P/c1-2-6-8(11(14)19)15-5-16(6)12-10(18)9(17)7(23-12)3-22-24(20,21)4-13/h1,5,7,9-10,12,17-18H,3-4H2,(H2,14,19)(H,20,21)/t7-,9-,10-,12-/m1/s1. The van der Waals surface area contributed by atoms with E-state index in [0.717, 1.165) is 10.9 Å². The number of aliphatic hydroxyl groups excluding tert-OH is 2. The first kappa shape index (κ1) is 18.5. The van der Waals surface area contributed by atoms with Crippen LogP contribution in [0.3, 0.4) is 0 Å². The van der Waals surface area contributed by atoms with Gasteiger partial charge in [-0.15, -0.1) is 6.42 Å². The lowest BCUT2D eigenvalue weighted by Gasteiger charge is -2.17. The number of imidazole rings is 1. The molecule has 0 aliphatic carbocycles. The van der Waals surface area contributed by atoms with Crippen molar-refractivity contribution in [3.05, 3.63) is 17.7 Å². The molecule has 1 aromatic heterocycles. The van der Waals surface area contributed by atoms with Crippen LogP contribution in [0.2, 0.25) is 0 Å². The van der Waals surface area contributed by atoms with Crippen LogP contribution < -0.4 is 5.73 Å². The molecule has 10 nitrogen and oxygen atoms in total. The lowest BCUT2D eigenvalue weighted by molar-refractivity contribution is -0.0507. The molecule has 0 saturated carbocycles.